The van der Waals surface area contributed by atoms with Crippen LogP contribution in [0.2, 0.25) is 0 Å². The fourth-order valence-corrected chi connectivity index (χ4v) is 2.47. The van der Waals surface area contributed by atoms with Gasteiger partial charge in [-0.25, -0.2) is 9.59 Å². The van der Waals surface area contributed by atoms with Crippen molar-refractivity contribution >= 4 is 30.2 Å². The van der Waals surface area contributed by atoms with Crippen LogP contribution in [0.15, 0.2) is 18.2 Å². The molecule has 1 saturated heterocycles. The summed E-state index contributed by atoms with van der Waals surface area (Å²) >= 11 is 0. The lowest BCUT2D eigenvalue weighted by atomic mass is 10.1. The molecule has 2 heterocycles. The van der Waals surface area contributed by atoms with Crippen molar-refractivity contribution in [1.82, 2.24) is 10.2 Å². The molecule has 21 heavy (non-hydrogen) atoms. The molecule has 0 aromatic heterocycles. The van der Waals surface area contributed by atoms with E-state index in [0.717, 1.165) is 31.7 Å². The average molecular weight is 312 g/mol. The molecule has 0 saturated carbocycles. The Hall–Kier alpha value is -1.79. The summed E-state index contributed by atoms with van der Waals surface area (Å²) in [5.74, 6) is -0.593. The molecular formula is C14H18ClN3O3. The number of carbonyl (C=O) groups excluding carboxylic acids is 2. The van der Waals surface area contributed by atoms with E-state index in [1.54, 1.807) is 17.0 Å². The van der Waals surface area contributed by atoms with Gasteiger partial charge in [0.1, 0.15) is 0 Å². The van der Waals surface area contributed by atoms with E-state index in [0.29, 0.717) is 18.7 Å². The highest BCUT2D eigenvalue weighted by Gasteiger charge is 2.22. The zero-order valence-corrected chi connectivity index (χ0v) is 12.4. The van der Waals surface area contributed by atoms with E-state index < -0.39 is 12.1 Å². The van der Waals surface area contributed by atoms with Crippen molar-refractivity contribution < 1.29 is 14.3 Å². The average Bonchev–Trinajstić information content (AvgIpc) is 2.95. The van der Waals surface area contributed by atoms with E-state index in [2.05, 4.69) is 10.6 Å². The molecule has 2 aliphatic heterocycles. The van der Waals surface area contributed by atoms with Crippen molar-refractivity contribution in [3.8, 4) is 0 Å². The molecule has 0 bridgehead atoms. The number of halogens is 1. The predicted octanol–water partition coefficient (Wildman–Crippen LogP) is 1.26. The van der Waals surface area contributed by atoms with Crippen molar-refractivity contribution in [2.75, 3.05) is 38.0 Å². The molecular weight excluding hydrogens is 294 g/mol. The first kappa shape index (κ1) is 15.6. The van der Waals surface area contributed by atoms with E-state index in [1.165, 1.54) is 5.56 Å². The van der Waals surface area contributed by atoms with Gasteiger partial charge in [-0.15, -0.1) is 12.4 Å². The molecule has 3 rings (SSSR count). The third kappa shape index (κ3) is 3.46. The summed E-state index contributed by atoms with van der Waals surface area (Å²) in [6.07, 6.45) is 0.398. The van der Waals surface area contributed by atoms with E-state index in [-0.39, 0.29) is 12.4 Å². The predicted molar refractivity (Wildman–Crippen MR) is 81.1 cm³/mol. The molecule has 1 aromatic rings. The first-order valence-corrected chi connectivity index (χ1v) is 6.82. The van der Waals surface area contributed by atoms with E-state index in [9.17, 15) is 9.59 Å². The number of hydrogen-bond acceptors (Lipinski definition) is 5. The van der Waals surface area contributed by atoms with Gasteiger partial charge in [-0.3, -0.25) is 0 Å². The maximum atomic E-state index is 12.0. The number of esters is 1. The molecule has 0 spiro atoms. The molecule has 0 atom stereocenters. The summed E-state index contributed by atoms with van der Waals surface area (Å²) in [5, 5.41) is 6.34. The normalized spacial score (nSPS) is 16.5. The second-order valence-electron chi connectivity index (χ2n) is 4.94. The van der Waals surface area contributed by atoms with E-state index >= 15 is 0 Å². The van der Waals surface area contributed by atoms with Crippen molar-refractivity contribution in [3.05, 3.63) is 29.3 Å². The molecule has 114 valence electrons. The van der Waals surface area contributed by atoms with Gasteiger partial charge in [0.05, 0.1) is 5.56 Å². The molecule has 7 heteroatoms. The molecule has 1 fully saturated rings. The van der Waals surface area contributed by atoms with Gasteiger partial charge in [0.2, 0.25) is 0 Å². The number of ether oxygens (including phenoxy) is 1. The van der Waals surface area contributed by atoms with Crippen molar-refractivity contribution in [2.45, 2.75) is 6.42 Å². The summed E-state index contributed by atoms with van der Waals surface area (Å²) in [6, 6.07) is 5.36. The zero-order chi connectivity index (χ0) is 13.9. The molecule has 0 unspecified atom stereocenters. The number of anilines is 1. The maximum Gasteiger partial charge on any atom is 0.417 e. The molecule has 2 N–H and O–H groups in total. The SMILES string of the molecule is Cl.O=C(OC(=O)N1CCNCC1)c1ccc2c(c1)NCC2. The smallest absolute Gasteiger partial charge is 0.384 e. The number of hydrogen-bond donors (Lipinski definition) is 2. The van der Waals surface area contributed by atoms with Gasteiger partial charge in [0, 0.05) is 38.4 Å². The molecule has 1 aromatic carbocycles. The monoisotopic (exact) mass is 311 g/mol. The first-order valence-electron chi connectivity index (χ1n) is 6.82. The number of carbonyl (C=O) groups is 2. The summed E-state index contributed by atoms with van der Waals surface area (Å²) < 4.78 is 4.93. The zero-order valence-electron chi connectivity index (χ0n) is 11.6. The highest BCUT2D eigenvalue weighted by atomic mass is 35.5. The van der Waals surface area contributed by atoms with Gasteiger partial charge in [0.25, 0.3) is 0 Å². The highest BCUT2D eigenvalue weighted by Crippen LogP contribution is 2.23. The third-order valence-corrected chi connectivity index (χ3v) is 3.61. The second-order valence-corrected chi connectivity index (χ2v) is 4.94. The van der Waals surface area contributed by atoms with Crippen LogP contribution in [0, 0.1) is 0 Å². The maximum absolute atomic E-state index is 12.0. The fourth-order valence-electron chi connectivity index (χ4n) is 2.47. The minimum atomic E-state index is -0.593. The van der Waals surface area contributed by atoms with Crippen LogP contribution >= 0.6 is 12.4 Å². The largest absolute Gasteiger partial charge is 0.417 e. The van der Waals surface area contributed by atoms with Crippen molar-refractivity contribution in [1.29, 1.82) is 0 Å². The number of rotatable bonds is 1. The van der Waals surface area contributed by atoms with Crippen LogP contribution in [-0.2, 0) is 11.2 Å². The van der Waals surface area contributed by atoms with E-state index in [1.807, 2.05) is 6.07 Å². The molecule has 0 aliphatic carbocycles. The summed E-state index contributed by atoms with van der Waals surface area (Å²) in [4.78, 5) is 25.4. The lowest BCUT2D eigenvalue weighted by Crippen LogP contribution is -2.47. The van der Waals surface area contributed by atoms with Crippen molar-refractivity contribution in [2.24, 2.45) is 0 Å². The van der Waals surface area contributed by atoms with Crippen LogP contribution in [0.5, 0.6) is 0 Å². The lowest BCUT2D eigenvalue weighted by molar-refractivity contribution is 0.0532. The second kappa shape index (κ2) is 6.78. The topological polar surface area (TPSA) is 70.7 Å². The van der Waals surface area contributed by atoms with Gasteiger partial charge in [-0.2, -0.15) is 0 Å². The van der Waals surface area contributed by atoms with Gasteiger partial charge >= 0.3 is 12.1 Å². The van der Waals surface area contributed by atoms with Crippen LogP contribution in [0.3, 0.4) is 0 Å². The van der Waals surface area contributed by atoms with E-state index in [4.69, 9.17) is 4.74 Å². The van der Waals surface area contributed by atoms with Gasteiger partial charge in [0.15, 0.2) is 0 Å². The van der Waals surface area contributed by atoms with Crippen LogP contribution < -0.4 is 10.6 Å². The lowest BCUT2D eigenvalue weighted by Gasteiger charge is -2.25. The first-order chi connectivity index (χ1) is 9.74. The summed E-state index contributed by atoms with van der Waals surface area (Å²) in [6.45, 7) is 3.47. The van der Waals surface area contributed by atoms with Gasteiger partial charge < -0.3 is 20.3 Å². The Balaban J connectivity index is 0.00000161. The number of amides is 1. The van der Waals surface area contributed by atoms with Crippen LogP contribution in [0.1, 0.15) is 15.9 Å². The number of piperazine rings is 1. The third-order valence-electron chi connectivity index (χ3n) is 3.61. The minimum absolute atomic E-state index is 0. The summed E-state index contributed by atoms with van der Waals surface area (Å²) in [7, 11) is 0. The molecule has 1 amide bonds. The Morgan fingerprint density at radius 1 is 1.14 bits per heavy atom. The highest BCUT2D eigenvalue weighted by molar-refractivity contribution is 5.97. The van der Waals surface area contributed by atoms with Crippen LogP contribution in [0.4, 0.5) is 10.5 Å². The number of nitrogens with one attached hydrogen (secondary N) is 2. The van der Waals surface area contributed by atoms with Gasteiger partial charge in [-0.05, 0) is 24.1 Å². The quantitative estimate of drug-likeness (QED) is 0.603. The van der Waals surface area contributed by atoms with Gasteiger partial charge in [-0.1, -0.05) is 6.07 Å². The fraction of sp³-hybridized carbons (Fsp3) is 0.429. The summed E-state index contributed by atoms with van der Waals surface area (Å²) in [5.41, 5.74) is 2.55. The molecule has 2 aliphatic rings. The number of nitrogens with zero attached hydrogens (tertiary/aromatic N) is 1. The Labute approximate surface area is 129 Å². The number of benzene rings is 1. The van der Waals surface area contributed by atoms with Crippen molar-refractivity contribution in [3.63, 3.8) is 0 Å². The van der Waals surface area contributed by atoms with Crippen LogP contribution in [0.25, 0.3) is 0 Å². The Bertz CT molecular complexity index is 544. The molecule has 6 nitrogen and oxygen atoms in total. The minimum Gasteiger partial charge on any atom is -0.384 e. The Morgan fingerprint density at radius 2 is 1.90 bits per heavy atom. The Morgan fingerprint density at radius 3 is 2.67 bits per heavy atom. The Kier molecular flexibility index (Phi) is 5.03. The molecule has 0 radical (unpaired) electrons. The number of fused-ring (bicyclic) bond motifs is 1. The standard InChI is InChI=1S/C14H17N3O3.ClH/c18-13(20-14(19)17-7-5-15-6-8-17)11-2-1-10-3-4-16-12(10)9-11;/h1-2,9,15-16H,3-8H2;1H. The van der Waals surface area contributed by atoms with Crippen LogP contribution in [-0.4, -0.2) is 49.7 Å².